The minimum absolute atomic E-state index is 0.150. The second-order valence-electron chi connectivity index (χ2n) is 21.6. The molecule has 0 heterocycles. The van der Waals surface area contributed by atoms with Gasteiger partial charge in [0.05, 0.1) is 40.3 Å². The number of rotatable bonds is 56. The smallest absolute Gasteiger partial charge is 0.306 e. The molecule has 0 aromatic carbocycles. The van der Waals surface area contributed by atoms with Crippen LogP contribution in [0.2, 0.25) is 0 Å². The number of carbonyl (C=O) groups is 3. The van der Waals surface area contributed by atoms with E-state index in [1.807, 2.05) is 21.1 Å². The molecular weight excluding hydrogens is 899 g/mol. The molecule has 0 saturated carbocycles. The van der Waals surface area contributed by atoms with Gasteiger partial charge in [0.25, 0.3) is 0 Å². The maximum Gasteiger partial charge on any atom is 0.306 e. The van der Waals surface area contributed by atoms with E-state index in [2.05, 4.69) is 62.5 Å². The topological polar surface area (TPSA) is 111 Å². The molecule has 0 rings (SSSR count). The number of ether oxygens (including phenoxy) is 4. The quantitative estimate of drug-likeness (QED) is 0.0195. The van der Waals surface area contributed by atoms with Gasteiger partial charge >= 0.3 is 11.9 Å². The van der Waals surface area contributed by atoms with Crippen molar-refractivity contribution in [1.29, 1.82) is 0 Å². The Morgan fingerprint density at radius 1 is 0.431 bits per heavy atom. The molecule has 2 atom stereocenters. The van der Waals surface area contributed by atoms with Crippen LogP contribution in [0.1, 0.15) is 277 Å². The lowest BCUT2D eigenvalue weighted by atomic mass is 10.0. The monoisotopic (exact) mass is 1010 g/mol. The second kappa shape index (κ2) is 54.5. The van der Waals surface area contributed by atoms with E-state index in [4.69, 9.17) is 18.9 Å². The van der Waals surface area contributed by atoms with Gasteiger partial charge in [-0.1, -0.05) is 262 Å². The molecule has 420 valence electrons. The predicted octanol–water partition coefficient (Wildman–Crippen LogP) is 16.5. The third-order valence-corrected chi connectivity index (χ3v) is 13.3. The van der Waals surface area contributed by atoms with Crippen molar-refractivity contribution < 1.29 is 42.9 Å². The van der Waals surface area contributed by atoms with Crippen LogP contribution in [0.4, 0.5) is 0 Å². The van der Waals surface area contributed by atoms with E-state index >= 15 is 0 Å². The summed E-state index contributed by atoms with van der Waals surface area (Å²) in [7, 11) is 5.92. The van der Waals surface area contributed by atoms with Crippen LogP contribution in [0.15, 0.2) is 48.6 Å². The van der Waals surface area contributed by atoms with Gasteiger partial charge in [-0.2, -0.15) is 0 Å². The van der Waals surface area contributed by atoms with E-state index in [1.165, 1.54) is 186 Å². The third kappa shape index (κ3) is 55.0. The fraction of sp³-hybridized carbons (Fsp3) is 0.825. The maximum absolute atomic E-state index is 12.8. The van der Waals surface area contributed by atoms with E-state index < -0.39 is 24.3 Å². The first-order valence-corrected chi connectivity index (χ1v) is 30.3. The first-order chi connectivity index (χ1) is 35.1. The molecule has 72 heavy (non-hydrogen) atoms. The number of nitrogens with zero attached hydrogens (tertiary/aromatic N) is 1. The van der Waals surface area contributed by atoms with Gasteiger partial charge < -0.3 is 33.3 Å². The summed E-state index contributed by atoms with van der Waals surface area (Å²) in [6, 6.07) is 0. The van der Waals surface area contributed by atoms with Gasteiger partial charge in [-0.05, 0) is 51.4 Å². The standard InChI is InChI=1S/C63H115NO8/c1-6-8-10-12-14-16-18-19-20-21-22-23-24-25-26-27-28-29-30-31-32-33-34-35-36-37-38-39-40-41-42-43-44-46-48-50-52-54-61(66)72-59(58-71-63(62(67)68)69-56-55-64(3,4)5)57-70-60(65)53-51-49-47-45-17-15-13-11-9-7-2/h8,10,14,16,19-20,22-23,59,63H,6-7,9,11-13,15,17-18,21,24-58H2,1-5H3/b10-8-,16-14-,20-19-,23-22-. The molecule has 0 amide bonds. The molecule has 0 saturated heterocycles. The number of allylic oxidation sites excluding steroid dienone is 8. The van der Waals surface area contributed by atoms with Crippen LogP contribution in [-0.4, -0.2) is 82.3 Å². The minimum Gasteiger partial charge on any atom is -0.545 e. The molecule has 0 spiro atoms. The number of esters is 2. The lowest BCUT2D eigenvalue weighted by Crippen LogP contribution is -2.44. The molecule has 0 aromatic heterocycles. The highest BCUT2D eigenvalue weighted by Gasteiger charge is 2.22. The molecule has 0 aliphatic carbocycles. The number of unbranched alkanes of at least 4 members (excludes halogenated alkanes) is 33. The summed E-state index contributed by atoms with van der Waals surface area (Å²) in [6.45, 7) is 4.65. The summed E-state index contributed by atoms with van der Waals surface area (Å²) >= 11 is 0. The molecule has 0 aliphatic rings. The predicted molar refractivity (Wildman–Crippen MR) is 302 cm³/mol. The Bertz CT molecular complexity index is 1320. The summed E-state index contributed by atoms with van der Waals surface area (Å²) < 4.78 is 22.6. The SMILES string of the molecule is CC/C=C\C/C=C\C/C=C\C/C=C\CCCCCCCCCCCCCCCCCCCCCCCCCCC(=O)OC(COC(=O)CCCCCCCCCCCC)COC(OCC[N+](C)(C)C)C(=O)[O-]. The van der Waals surface area contributed by atoms with Crippen molar-refractivity contribution in [3.8, 4) is 0 Å². The molecule has 0 fully saturated rings. The first kappa shape index (κ1) is 69.2. The first-order valence-electron chi connectivity index (χ1n) is 30.3. The highest BCUT2D eigenvalue weighted by atomic mass is 16.7. The van der Waals surface area contributed by atoms with Crippen molar-refractivity contribution in [2.45, 2.75) is 289 Å². The van der Waals surface area contributed by atoms with Gasteiger partial charge in [0, 0.05) is 12.8 Å². The molecule has 9 nitrogen and oxygen atoms in total. The van der Waals surface area contributed by atoms with Gasteiger partial charge in [0.1, 0.15) is 13.2 Å². The normalized spacial score (nSPS) is 13.1. The van der Waals surface area contributed by atoms with E-state index in [0.717, 1.165) is 64.2 Å². The van der Waals surface area contributed by atoms with Gasteiger partial charge in [-0.25, -0.2) is 0 Å². The van der Waals surface area contributed by atoms with E-state index in [-0.39, 0.29) is 32.2 Å². The number of hydrogen-bond donors (Lipinski definition) is 0. The molecule has 0 N–H and O–H groups in total. The van der Waals surface area contributed by atoms with Crippen LogP contribution >= 0.6 is 0 Å². The van der Waals surface area contributed by atoms with Crippen LogP contribution in [-0.2, 0) is 33.3 Å². The summed E-state index contributed by atoms with van der Waals surface area (Å²) in [6.07, 6.45) is 64.9. The zero-order valence-corrected chi connectivity index (χ0v) is 47.8. The fourth-order valence-corrected chi connectivity index (χ4v) is 8.71. The van der Waals surface area contributed by atoms with E-state index in [9.17, 15) is 19.5 Å². The highest BCUT2D eigenvalue weighted by molar-refractivity contribution is 5.70. The largest absolute Gasteiger partial charge is 0.545 e. The lowest BCUT2D eigenvalue weighted by molar-refractivity contribution is -0.870. The zero-order chi connectivity index (χ0) is 52.7. The Hall–Kier alpha value is -2.75. The van der Waals surface area contributed by atoms with Crippen molar-refractivity contribution in [2.24, 2.45) is 0 Å². The summed E-state index contributed by atoms with van der Waals surface area (Å²) in [4.78, 5) is 37.1. The van der Waals surface area contributed by atoms with Crippen molar-refractivity contribution in [3.05, 3.63) is 48.6 Å². The Morgan fingerprint density at radius 3 is 1.18 bits per heavy atom. The highest BCUT2D eigenvalue weighted by Crippen LogP contribution is 2.17. The van der Waals surface area contributed by atoms with Crippen molar-refractivity contribution >= 4 is 17.9 Å². The zero-order valence-electron chi connectivity index (χ0n) is 47.8. The summed E-state index contributed by atoms with van der Waals surface area (Å²) in [5.41, 5.74) is 0. The maximum atomic E-state index is 12.8. The summed E-state index contributed by atoms with van der Waals surface area (Å²) in [5.74, 6) is -2.27. The van der Waals surface area contributed by atoms with Gasteiger partial charge in [-0.3, -0.25) is 9.59 Å². The number of hydrogen-bond acceptors (Lipinski definition) is 8. The molecule has 0 aliphatic heterocycles. The van der Waals surface area contributed by atoms with Gasteiger partial charge in [0.2, 0.25) is 0 Å². The Kier molecular flexibility index (Phi) is 52.4. The number of carboxylic acids is 1. The number of likely N-dealkylation sites (N-methyl/N-ethyl adjacent to an activating group) is 1. The molecule has 0 bridgehead atoms. The van der Waals surface area contributed by atoms with E-state index in [1.54, 1.807) is 0 Å². The van der Waals surface area contributed by atoms with Gasteiger partial charge in [-0.15, -0.1) is 0 Å². The molecule has 0 radical (unpaired) electrons. The van der Waals surface area contributed by atoms with Crippen molar-refractivity contribution in [1.82, 2.24) is 0 Å². The van der Waals surface area contributed by atoms with Crippen LogP contribution in [0, 0.1) is 0 Å². The number of aliphatic carboxylic acids is 1. The molecule has 0 aromatic rings. The average molecular weight is 1010 g/mol. The van der Waals surface area contributed by atoms with Crippen LogP contribution in [0.5, 0.6) is 0 Å². The Morgan fingerprint density at radius 2 is 0.792 bits per heavy atom. The minimum atomic E-state index is -1.62. The Balaban J connectivity index is 3.92. The third-order valence-electron chi connectivity index (χ3n) is 13.3. The number of quaternary nitrogens is 1. The lowest BCUT2D eigenvalue weighted by Gasteiger charge is -2.26. The molecular formula is C63H115NO8. The Labute approximate surface area is 444 Å². The van der Waals surface area contributed by atoms with Crippen LogP contribution in [0.25, 0.3) is 0 Å². The van der Waals surface area contributed by atoms with Crippen molar-refractivity contribution in [3.63, 3.8) is 0 Å². The van der Waals surface area contributed by atoms with Crippen LogP contribution < -0.4 is 5.11 Å². The molecule has 9 heteroatoms. The average Bonchev–Trinajstić information content (AvgIpc) is 3.35. The number of carbonyl (C=O) groups excluding carboxylic acids is 3. The van der Waals surface area contributed by atoms with Crippen molar-refractivity contribution in [2.75, 3.05) is 47.5 Å². The van der Waals surface area contributed by atoms with E-state index in [0.29, 0.717) is 17.4 Å². The molecule has 2 unspecified atom stereocenters. The fourth-order valence-electron chi connectivity index (χ4n) is 8.71. The summed E-state index contributed by atoms with van der Waals surface area (Å²) in [5, 5.41) is 11.7. The number of carboxylic acid groups (broad SMARTS) is 1. The second-order valence-corrected chi connectivity index (χ2v) is 21.6. The van der Waals surface area contributed by atoms with Crippen LogP contribution in [0.3, 0.4) is 0 Å². The van der Waals surface area contributed by atoms with Gasteiger partial charge in [0.15, 0.2) is 12.4 Å².